The molecule has 0 aliphatic carbocycles. The fourth-order valence-electron chi connectivity index (χ4n) is 1.85. The van der Waals surface area contributed by atoms with Crippen molar-refractivity contribution >= 4 is 11.9 Å². The summed E-state index contributed by atoms with van der Waals surface area (Å²) < 4.78 is 5.32. The van der Waals surface area contributed by atoms with Gasteiger partial charge in [-0.2, -0.15) is 0 Å². The molecule has 0 saturated carbocycles. The Bertz CT molecular complexity index is 266. The van der Waals surface area contributed by atoms with Crippen LogP contribution in [0.3, 0.4) is 0 Å². The lowest BCUT2D eigenvalue weighted by Crippen LogP contribution is -2.50. The highest BCUT2D eigenvalue weighted by Gasteiger charge is 2.47. The maximum atomic E-state index is 11.5. The third-order valence-electron chi connectivity index (χ3n) is 2.61. The van der Waals surface area contributed by atoms with Gasteiger partial charge < -0.3 is 9.64 Å². The lowest BCUT2D eigenvalue weighted by Gasteiger charge is -2.31. The number of morpholine rings is 1. The summed E-state index contributed by atoms with van der Waals surface area (Å²) >= 11 is 0. The molecule has 5 heteroatoms. The summed E-state index contributed by atoms with van der Waals surface area (Å²) in [6, 6.07) is -0.601. The van der Waals surface area contributed by atoms with E-state index in [1.807, 2.05) is 6.92 Å². The highest BCUT2D eigenvalue weighted by Crippen LogP contribution is 2.23. The minimum Gasteiger partial charge on any atom is -0.374 e. The maximum absolute atomic E-state index is 11.5. The van der Waals surface area contributed by atoms with Crippen LogP contribution < -0.4 is 0 Å². The van der Waals surface area contributed by atoms with Crippen LogP contribution in [0.25, 0.3) is 0 Å². The standard InChI is InChI=1S/C8H12N2O3/c1-5-6-7(11)9(2)8(12)10(6)3-4-13-5/h5-6H,3-4H2,1-2H3. The van der Waals surface area contributed by atoms with Crippen molar-refractivity contribution in [3.05, 3.63) is 0 Å². The lowest BCUT2D eigenvalue weighted by molar-refractivity contribution is -0.134. The molecule has 5 nitrogen and oxygen atoms in total. The minimum absolute atomic E-state index is 0.155. The van der Waals surface area contributed by atoms with Crippen molar-refractivity contribution in [2.45, 2.75) is 19.1 Å². The fourth-order valence-corrected chi connectivity index (χ4v) is 1.85. The summed E-state index contributed by atoms with van der Waals surface area (Å²) in [5, 5.41) is 0. The van der Waals surface area contributed by atoms with Crippen LogP contribution in [0.2, 0.25) is 0 Å². The number of hydrogen-bond donors (Lipinski definition) is 0. The SMILES string of the molecule is CC1OCCN2C(=O)N(C)C(=O)C12. The molecule has 2 atom stereocenters. The van der Waals surface area contributed by atoms with Gasteiger partial charge in [-0.05, 0) is 6.92 Å². The summed E-state index contributed by atoms with van der Waals surface area (Å²) in [7, 11) is 1.51. The Balaban J connectivity index is 2.29. The van der Waals surface area contributed by atoms with Crippen LogP contribution in [0.1, 0.15) is 6.92 Å². The molecule has 72 valence electrons. The maximum Gasteiger partial charge on any atom is 0.327 e. The summed E-state index contributed by atoms with van der Waals surface area (Å²) in [6.45, 7) is 2.86. The summed E-state index contributed by atoms with van der Waals surface area (Å²) in [5.41, 5.74) is 0. The predicted molar refractivity (Wildman–Crippen MR) is 44.1 cm³/mol. The quantitative estimate of drug-likeness (QED) is 0.484. The molecule has 0 aromatic carbocycles. The zero-order valence-corrected chi connectivity index (χ0v) is 7.69. The van der Waals surface area contributed by atoms with Crippen molar-refractivity contribution in [3.8, 4) is 0 Å². The molecule has 0 aromatic heterocycles. The van der Waals surface area contributed by atoms with Gasteiger partial charge in [-0.1, -0.05) is 0 Å². The number of amides is 3. The molecule has 13 heavy (non-hydrogen) atoms. The lowest BCUT2D eigenvalue weighted by atomic mass is 10.1. The van der Waals surface area contributed by atoms with E-state index in [4.69, 9.17) is 4.74 Å². The molecule has 0 aromatic rings. The second kappa shape index (κ2) is 2.70. The van der Waals surface area contributed by atoms with Crippen LogP contribution in [0, 0.1) is 0 Å². The average molecular weight is 184 g/mol. The van der Waals surface area contributed by atoms with Crippen molar-refractivity contribution in [3.63, 3.8) is 0 Å². The molecule has 2 heterocycles. The van der Waals surface area contributed by atoms with Gasteiger partial charge in [0.25, 0.3) is 5.91 Å². The van der Waals surface area contributed by atoms with Gasteiger partial charge in [0.2, 0.25) is 0 Å². The highest BCUT2D eigenvalue weighted by molar-refractivity contribution is 6.04. The van der Waals surface area contributed by atoms with E-state index in [2.05, 4.69) is 0 Å². The summed E-state index contributed by atoms with van der Waals surface area (Å²) in [5.74, 6) is -0.155. The van der Waals surface area contributed by atoms with Gasteiger partial charge in [0.1, 0.15) is 6.04 Å². The molecular weight excluding hydrogens is 172 g/mol. The van der Waals surface area contributed by atoms with E-state index in [-0.39, 0.29) is 18.0 Å². The number of likely N-dealkylation sites (N-methyl/N-ethyl adjacent to an activating group) is 1. The first-order chi connectivity index (χ1) is 6.13. The van der Waals surface area contributed by atoms with E-state index < -0.39 is 6.04 Å². The molecule has 0 bridgehead atoms. The van der Waals surface area contributed by atoms with Crippen LogP contribution in [0.15, 0.2) is 0 Å². The van der Waals surface area contributed by atoms with Gasteiger partial charge in [0, 0.05) is 13.6 Å². The molecule has 2 aliphatic rings. The number of ether oxygens (including phenoxy) is 1. The van der Waals surface area contributed by atoms with Gasteiger partial charge in [-0.15, -0.1) is 0 Å². The Kier molecular flexibility index (Phi) is 1.76. The number of rotatable bonds is 0. The number of nitrogens with zero attached hydrogens (tertiary/aromatic N) is 2. The minimum atomic E-state index is -0.397. The molecule has 3 amide bonds. The van der Waals surface area contributed by atoms with Crippen LogP contribution >= 0.6 is 0 Å². The molecular formula is C8H12N2O3. The molecule has 2 rings (SSSR count). The first-order valence-corrected chi connectivity index (χ1v) is 4.32. The number of hydrogen-bond acceptors (Lipinski definition) is 3. The Morgan fingerprint density at radius 2 is 2.15 bits per heavy atom. The third kappa shape index (κ3) is 1.03. The third-order valence-corrected chi connectivity index (χ3v) is 2.61. The predicted octanol–water partition coefficient (Wildman–Crippen LogP) is -0.332. The van der Waals surface area contributed by atoms with Gasteiger partial charge in [0.15, 0.2) is 0 Å². The zero-order valence-electron chi connectivity index (χ0n) is 7.69. The van der Waals surface area contributed by atoms with Crippen molar-refractivity contribution in [1.29, 1.82) is 0 Å². The number of carbonyl (C=O) groups is 2. The van der Waals surface area contributed by atoms with Gasteiger partial charge in [-0.25, -0.2) is 4.79 Å². The molecule has 2 unspecified atom stereocenters. The largest absolute Gasteiger partial charge is 0.374 e. The first-order valence-electron chi connectivity index (χ1n) is 4.32. The number of urea groups is 1. The Labute approximate surface area is 76.2 Å². The molecule has 0 spiro atoms. The zero-order chi connectivity index (χ0) is 9.59. The van der Waals surface area contributed by atoms with E-state index >= 15 is 0 Å². The first kappa shape index (κ1) is 8.50. The Hall–Kier alpha value is -1.10. The highest BCUT2D eigenvalue weighted by atomic mass is 16.5. The average Bonchev–Trinajstić information content (AvgIpc) is 2.33. The molecule has 2 saturated heterocycles. The Morgan fingerprint density at radius 3 is 2.77 bits per heavy atom. The van der Waals surface area contributed by atoms with Crippen LogP contribution in [-0.4, -0.2) is 54.1 Å². The monoisotopic (exact) mass is 184 g/mol. The van der Waals surface area contributed by atoms with E-state index in [0.717, 1.165) is 4.90 Å². The number of fused-ring (bicyclic) bond motifs is 1. The number of imide groups is 1. The van der Waals surface area contributed by atoms with Gasteiger partial charge in [-0.3, -0.25) is 9.69 Å². The summed E-state index contributed by atoms with van der Waals surface area (Å²) in [4.78, 5) is 25.8. The molecule has 2 aliphatic heterocycles. The van der Waals surface area contributed by atoms with Crippen molar-refractivity contribution in [2.24, 2.45) is 0 Å². The van der Waals surface area contributed by atoms with E-state index in [9.17, 15) is 9.59 Å². The second-order valence-corrected chi connectivity index (χ2v) is 3.39. The molecule has 0 radical (unpaired) electrons. The van der Waals surface area contributed by atoms with Gasteiger partial charge >= 0.3 is 6.03 Å². The second-order valence-electron chi connectivity index (χ2n) is 3.39. The molecule has 0 N–H and O–H groups in total. The van der Waals surface area contributed by atoms with E-state index in [1.54, 1.807) is 4.90 Å². The van der Waals surface area contributed by atoms with Crippen LogP contribution in [-0.2, 0) is 9.53 Å². The van der Waals surface area contributed by atoms with E-state index in [0.29, 0.717) is 13.2 Å². The van der Waals surface area contributed by atoms with Crippen LogP contribution in [0.5, 0.6) is 0 Å². The normalized spacial score (nSPS) is 34.0. The fraction of sp³-hybridized carbons (Fsp3) is 0.750. The molecule has 2 fully saturated rings. The van der Waals surface area contributed by atoms with Crippen molar-refractivity contribution in [2.75, 3.05) is 20.2 Å². The van der Waals surface area contributed by atoms with Crippen molar-refractivity contribution in [1.82, 2.24) is 9.80 Å². The van der Waals surface area contributed by atoms with Crippen molar-refractivity contribution < 1.29 is 14.3 Å². The number of carbonyl (C=O) groups excluding carboxylic acids is 2. The summed E-state index contributed by atoms with van der Waals surface area (Å²) in [6.07, 6.45) is -0.185. The van der Waals surface area contributed by atoms with Crippen LogP contribution in [0.4, 0.5) is 4.79 Å². The smallest absolute Gasteiger partial charge is 0.327 e. The Morgan fingerprint density at radius 1 is 1.46 bits per heavy atom. The van der Waals surface area contributed by atoms with E-state index in [1.165, 1.54) is 7.05 Å². The van der Waals surface area contributed by atoms with Gasteiger partial charge in [0.05, 0.1) is 12.7 Å². The topological polar surface area (TPSA) is 49.9 Å².